The number of amides is 3. The second kappa shape index (κ2) is 8.89. The van der Waals surface area contributed by atoms with Crippen LogP contribution in [0.2, 0.25) is 0 Å². The number of anilines is 1. The number of hydrogen-bond donors (Lipinski definition) is 3. The largest absolute Gasteiger partial charge is 0.324 e. The van der Waals surface area contributed by atoms with Crippen LogP contribution in [0.5, 0.6) is 0 Å². The summed E-state index contributed by atoms with van der Waals surface area (Å²) in [5.74, 6) is -0.449. The second-order valence-electron chi connectivity index (χ2n) is 8.16. The fourth-order valence-electron chi connectivity index (χ4n) is 4.21. The van der Waals surface area contributed by atoms with Crippen LogP contribution in [-0.4, -0.2) is 47.9 Å². The number of benzene rings is 2. The van der Waals surface area contributed by atoms with Gasteiger partial charge in [-0.1, -0.05) is 24.3 Å². The molecule has 1 saturated heterocycles. The van der Waals surface area contributed by atoms with E-state index in [-0.39, 0.29) is 36.5 Å². The zero-order chi connectivity index (χ0) is 24.5. The summed E-state index contributed by atoms with van der Waals surface area (Å²) in [5.41, 5.74) is 1.77. The third-order valence-electron chi connectivity index (χ3n) is 5.80. The molecule has 1 aliphatic heterocycles. The molecule has 1 atom stereocenters. The quantitative estimate of drug-likeness (QED) is 0.363. The van der Waals surface area contributed by atoms with Crippen molar-refractivity contribution < 1.29 is 14.4 Å². The molecule has 2 aromatic carbocycles. The van der Waals surface area contributed by atoms with Gasteiger partial charge in [-0.3, -0.25) is 29.1 Å². The number of carbonyl (C=O) groups is 3. The first kappa shape index (κ1) is 22.1. The summed E-state index contributed by atoms with van der Waals surface area (Å²) in [6, 6.07) is 11.3. The molecule has 176 valence electrons. The molecule has 0 radical (unpaired) electrons. The highest BCUT2D eigenvalue weighted by Crippen LogP contribution is 2.24. The van der Waals surface area contributed by atoms with Crippen molar-refractivity contribution in [2.75, 3.05) is 5.32 Å². The Morgan fingerprint density at radius 2 is 2.00 bits per heavy atom. The van der Waals surface area contributed by atoms with E-state index >= 15 is 0 Å². The van der Waals surface area contributed by atoms with Gasteiger partial charge in [0.05, 0.1) is 17.5 Å². The Morgan fingerprint density at radius 1 is 1.17 bits per heavy atom. The fraction of sp³-hybridized carbons (Fsp3) is 0.217. The maximum Gasteiger partial charge on any atom is 0.262 e. The lowest BCUT2D eigenvalue weighted by Crippen LogP contribution is -2.45. The minimum atomic E-state index is -0.818. The molecule has 2 aromatic heterocycles. The van der Waals surface area contributed by atoms with Crippen LogP contribution in [0.15, 0.2) is 47.3 Å². The topological polar surface area (TPSA) is 165 Å². The lowest BCUT2D eigenvalue weighted by molar-refractivity contribution is -0.135. The third kappa shape index (κ3) is 4.28. The van der Waals surface area contributed by atoms with Gasteiger partial charge in [-0.25, -0.2) is 4.98 Å². The Morgan fingerprint density at radius 3 is 2.77 bits per heavy atom. The number of fused-ring (bicyclic) bond motifs is 1. The van der Waals surface area contributed by atoms with Crippen LogP contribution in [0.1, 0.15) is 30.3 Å². The molecule has 5 rings (SSSR count). The van der Waals surface area contributed by atoms with Gasteiger partial charge in [0.1, 0.15) is 17.4 Å². The number of nitrogens with one attached hydrogen (secondary N) is 3. The summed E-state index contributed by atoms with van der Waals surface area (Å²) in [4.78, 5) is 54.5. The maximum absolute atomic E-state index is 13.3. The first-order valence-corrected chi connectivity index (χ1v) is 10.9. The number of aryl methyl sites for hydroxylation is 1. The predicted octanol–water partition coefficient (Wildman–Crippen LogP) is 1.04. The third-order valence-corrected chi connectivity index (χ3v) is 5.80. The van der Waals surface area contributed by atoms with Crippen LogP contribution >= 0.6 is 0 Å². The number of rotatable bonds is 5. The molecular weight excluding hydrogens is 452 g/mol. The first-order valence-electron chi connectivity index (χ1n) is 10.9. The molecule has 1 unspecified atom stereocenters. The van der Waals surface area contributed by atoms with Crippen molar-refractivity contribution in [1.82, 2.24) is 35.5 Å². The van der Waals surface area contributed by atoms with Crippen molar-refractivity contribution in [3.63, 3.8) is 0 Å². The number of nitrogens with zero attached hydrogens (tertiary/aromatic N) is 5. The van der Waals surface area contributed by atoms with Crippen molar-refractivity contribution in [2.45, 2.75) is 32.2 Å². The van der Waals surface area contributed by atoms with Crippen molar-refractivity contribution in [3.05, 3.63) is 64.2 Å². The molecule has 12 heteroatoms. The molecular formula is C23H20N8O4. The Balaban J connectivity index is 1.42. The highest BCUT2D eigenvalue weighted by Gasteiger charge is 2.30. The zero-order valence-corrected chi connectivity index (χ0v) is 18.6. The molecule has 0 aliphatic carbocycles. The van der Waals surface area contributed by atoms with Crippen molar-refractivity contribution in [1.29, 1.82) is 0 Å². The Bertz CT molecular complexity index is 1530. The number of aromatic amines is 1. The lowest BCUT2D eigenvalue weighted by Gasteiger charge is -2.24. The SMILES string of the molecule is Cc1nc2c(NC(=O)Cc3cccc(-c4nn[nH]n4)c3)cccc2c(=O)n1C1CCC(=O)NC1=O. The van der Waals surface area contributed by atoms with Crippen molar-refractivity contribution >= 4 is 34.3 Å². The van der Waals surface area contributed by atoms with E-state index in [1.165, 1.54) is 4.57 Å². The van der Waals surface area contributed by atoms with E-state index in [2.05, 4.69) is 36.2 Å². The van der Waals surface area contributed by atoms with Crippen LogP contribution in [0.25, 0.3) is 22.3 Å². The molecule has 0 saturated carbocycles. The summed E-state index contributed by atoms with van der Waals surface area (Å²) in [6.07, 6.45) is 0.441. The molecule has 3 heterocycles. The average molecular weight is 472 g/mol. The van der Waals surface area contributed by atoms with Gasteiger partial charge >= 0.3 is 0 Å². The summed E-state index contributed by atoms with van der Waals surface area (Å²) in [5, 5.41) is 19.2. The van der Waals surface area contributed by atoms with Crippen molar-refractivity contribution in [2.24, 2.45) is 0 Å². The molecule has 35 heavy (non-hydrogen) atoms. The predicted molar refractivity (Wildman–Crippen MR) is 124 cm³/mol. The van der Waals surface area contributed by atoms with E-state index in [1.54, 1.807) is 37.3 Å². The van der Waals surface area contributed by atoms with Crippen LogP contribution in [0.3, 0.4) is 0 Å². The summed E-state index contributed by atoms with van der Waals surface area (Å²) in [6.45, 7) is 1.62. The summed E-state index contributed by atoms with van der Waals surface area (Å²) >= 11 is 0. The fourth-order valence-corrected chi connectivity index (χ4v) is 4.21. The molecule has 0 spiro atoms. The molecule has 3 N–H and O–H groups in total. The Kier molecular flexibility index (Phi) is 5.61. The Hall–Kier alpha value is -4.74. The molecule has 0 bridgehead atoms. The number of H-pyrrole nitrogens is 1. The zero-order valence-electron chi connectivity index (χ0n) is 18.6. The molecule has 1 aliphatic rings. The van der Waals surface area contributed by atoms with Gasteiger partial charge in [-0.05, 0) is 42.3 Å². The highest BCUT2D eigenvalue weighted by molar-refractivity contribution is 6.01. The van der Waals surface area contributed by atoms with E-state index in [9.17, 15) is 19.2 Å². The highest BCUT2D eigenvalue weighted by atomic mass is 16.2. The molecule has 1 fully saturated rings. The van der Waals surface area contributed by atoms with Gasteiger partial charge in [0.15, 0.2) is 0 Å². The standard InChI is InChI=1S/C23H20N8O4/c1-12-24-20-15(23(35)31(12)17-8-9-18(32)26-22(17)34)6-3-7-16(20)25-19(33)11-13-4-2-5-14(10-13)21-27-29-30-28-21/h2-7,10,17H,8-9,11H2,1H3,(H,25,33)(H,26,32,34)(H,27,28,29,30). The Labute approximate surface area is 197 Å². The number of piperidine rings is 1. The normalized spacial score (nSPS) is 15.7. The van der Waals surface area contributed by atoms with Gasteiger partial charge in [0.2, 0.25) is 23.5 Å². The van der Waals surface area contributed by atoms with Crippen LogP contribution in [-0.2, 0) is 20.8 Å². The number of carbonyl (C=O) groups excluding carboxylic acids is 3. The number of aromatic nitrogens is 6. The van der Waals surface area contributed by atoms with Gasteiger partial charge < -0.3 is 5.32 Å². The monoisotopic (exact) mass is 472 g/mol. The molecule has 4 aromatic rings. The van der Waals surface area contributed by atoms with E-state index < -0.39 is 17.5 Å². The maximum atomic E-state index is 13.3. The van der Waals surface area contributed by atoms with Crippen LogP contribution < -0.4 is 16.2 Å². The number of tetrazole rings is 1. The average Bonchev–Trinajstić information content (AvgIpc) is 3.36. The van der Waals surface area contributed by atoms with Gasteiger partial charge in [-0.2, -0.15) is 5.21 Å². The van der Waals surface area contributed by atoms with E-state index in [0.717, 1.165) is 11.1 Å². The van der Waals surface area contributed by atoms with Gasteiger partial charge in [0.25, 0.3) is 5.56 Å². The van der Waals surface area contributed by atoms with Gasteiger partial charge in [0, 0.05) is 12.0 Å². The number of para-hydroxylation sites is 1. The number of imide groups is 1. The van der Waals surface area contributed by atoms with Crippen molar-refractivity contribution in [3.8, 4) is 11.4 Å². The molecule has 12 nitrogen and oxygen atoms in total. The smallest absolute Gasteiger partial charge is 0.262 e. The summed E-state index contributed by atoms with van der Waals surface area (Å²) < 4.78 is 1.30. The molecule has 3 amide bonds. The first-order chi connectivity index (χ1) is 16.9. The number of hydrogen-bond acceptors (Lipinski definition) is 8. The van der Waals surface area contributed by atoms with Gasteiger partial charge in [-0.15, -0.1) is 10.2 Å². The van der Waals surface area contributed by atoms with E-state index in [0.29, 0.717) is 22.9 Å². The van der Waals surface area contributed by atoms with Crippen LogP contribution in [0, 0.1) is 6.92 Å². The second-order valence-corrected chi connectivity index (χ2v) is 8.16. The minimum Gasteiger partial charge on any atom is -0.324 e. The lowest BCUT2D eigenvalue weighted by atomic mass is 10.1. The van der Waals surface area contributed by atoms with Crippen LogP contribution in [0.4, 0.5) is 5.69 Å². The van der Waals surface area contributed by atoms with E-state index in [1.807, 2.05) is 12.1 Å². The summed E-state index contributed by atoms with van der Waals surface area (Å²) in [7, 11) is 0. The minimum absolute atomic E-state index is 0.0778. The van der Waals surface area contributed by atoms with E-state index in [4.69, 9.17) is 0 Å².